The van der Waals surface area contributed by atoms with Gasteiger partial charge in [-0.15, -0.1) is 0 Å². The second-order valence-corrected chi connectivity index (χ2v) is 5.90. The van der Waals surface area contributed by atoms with Gasteiger partial charge in [0.05, 0.1) is 5.69 Å². The first-order valence-electron chi connectivity index (χ1n) is 7.76. The van der Waals surface area contributed by atoms with E-state index in [1.165, 1.54) is 5.69 Å². The van der Waals surface area contributed by atoms with Crippen LogP contribution in [0, 0.1) is 5.92 Å². The van der Waals surface area contributed by atoms with Gasteiger partial charge in [-0.25, -0.2) is 4.98 Å². The highest BCUT2D eigenvalue weighted by molar-refractivity contribution is 5.45. The Bertz CT molecular complexity index is 426. The van der Waals surface area contributed by atoms with Crippen LogP contribution >= 0.6 is 0 Å². The predicted octanol–water partition coefficient (Wildman–Crippen LogP) is 1.15. The van der Waals surface area contributed by atoms with Gasteiger partial charge in [0.15, 0.2) is 5.82 Å². The Labute approximate surface area is 120 Å². The maximum atomic E-state index is 9.25. The topological polar surface area (TPSA) is 61.3 Å². The largest absolute Gasteiger partial charge is 0.396 e. The number of nitrogens with one attached hydrogen (secondary N) is 1. The molecule has 110 valence electrons. The van der Waals surface area contributed by atoms with Gasteiger partial charge in [-0.1, -0.05) is 0 Å². The molecule has 0 atom stereocenters. The summed E-state index contributed by atoms with van der Waals surface area (Å²) in [4.78, 5) is 11.6. The Morgan fingerprint density at radius 2 is 1.80 bits per heavy atom. The van der Waals surface area contributed by atoms with Crippen LogP contribution in [0.15, 0.2) is 12.4 Å². The van der Waals surface area contributed by atoms with E-state index in [9.17, 15) is 5.11 Å². The van der Waals surface area contributed by atoms with Gasteiger partial charge in [0.25, 0.3) is 0 Å². The van der Waals surface area contributed by atoms with Crippen LogP contribution in [-0.2, 0) is 0 Å². The van der Waals surface area contributed by atoms with Crippen molar-refractivity contribution in [1.29, 1.82) is 0 Å². The van der Waals surface area contributed by atoms with Gasteiger partial charge >= 0.3 is 0 Å². The van der Waals surface area contributed by atoms with Crippen LogP contribution in [0.5, 0.6) is 0 Å². The number of aliphatic hydroxyl groups is 1. The molecule has 2 saturated heterocycles. The van der Waals surface area contributed by atoms with Crippen molar-refractivity contribution in [1.82, 2.24) is 15.3 Å². The highest BCUT2D eigenvalue weighted by Crippen LogP contribution is 2.31. The third-order valence-electron chi connectivity index (χ3n) is 4.60. The lowest BCUT2D eigenvalue weighted by Crippen LogP contribution is -2.37. The van der Waals surface area contributed by atoms with Gasteiger partial charge in [0.2, 0.25) is 0 Å². The van der Waals surface area contributed by atoms with Crippen LogP contribution in [0.1, 0.15) is 37.3 Å². The minimum Gasteiger partial charge on any atom is -0.396 e. The lowest BCUT2D eigenvalue weighted by molar-refractivity contribution is 0.202. The van der Waals surface area contributed by atoms with Crippen molar-refractivity contribution in [3.05, 3.63) is 18.1 Å². The second kappa shape index (κ2) is 6.50. The van der Waals surface area contributed by atoms with E-state index in [1.54, 1.807) is 6.20 Å². The first-order valence-corrected chi connectivity index (χ1v) is 7.76. The van der Waals surface area contributed by atoms with Crippen LogP contribution in [-0.4, -0.2) is 47.9 Å². The summed E-state index contributed by atoms with van der Waals surface area (Å²) < 4.78 is 0. The average Bonchev–Trinajstić information content (AvgIpc) is 2.56. The number of hydrogen-bond acceptors (Lipinski definition) is 5. The number of aliphatic hydroxyl groups excluding tert-OH is 1. The fourth-order valence-electron chi connectivity index (χ4n) is 3.30. The summed E-state index contributed by atoms with van der Waals surface area (Å²) in [6.07, 6.45) is 8.04. The van der Waals surface area contributed by atoms with Gasteiger partial charge in [-0.2, -0.15) is 0 Å². The smallest absolute Gasteiger partial charge is 0.150 e. The van der Waals surface area contributed by atoms with Crippen molar-refractivity contribution < 1.29 is 5.11 Å². The first-order chi connectivity index (χ1) is 9.88. The Balaban J connectivity index is 1.75. The normalized spacial score (nSPS) is 22.1. The monoisotopic (exact) mass is 276 g/mol. The van der Waals surface area contributed by atoms with E-state index in [0.29, 0.717) is 18.4 Å². The average molecular weight is 276 g/mol. The van der Waals surface area contributed by atoms with Gasteiger partial charge < -0.3 is 15.3 Å². The SMILES string of the molecule is OCC1CCN(c2nccnc2C2CCNCC2)CC1. The van der Waals surface area contributed by atoms with Crippen LogP contribution < -0.4 is 10.2 Å². The molecule has 5 nitrogen and oxygen atoms in total. The van der Waals surface area contributed by atoms with Gasteiger partial charge in [0.1, 0.15) is 0 Å². The summed E-state index contributed by atoms with van der Waals surface area (Å²) in [5, 5.41) is 12.7. The highest BCUT2D eigenvalue weighted by Gasteiger charge is 2.26. The van der Waals surface area contributed by atoms with E-state index in [-0.39, 0.29) is 0 Å². The van der Waals surface area contributed by atoms with Crippen molar-refractivity contribution >= 4 is 5.82 Å². The molecule has 1 aromatic heterocycles. The van der Waals surface area contributed by atoms with E-state index >= 15 is 0 Å². The van der Waals surface area contributed by atoms with Crippen LogP contribution in [0.3, 0.4) is 0 Å². The molecule has 0 aromatic carbocycles. The van der Waals surface area contributed by atoms with E-state index in [1.807, 2.05) is 6.20 Å². The maximum absolute atomic E-state index is 9.25. The molecule has 0 amide bonds. The zero-order valence-electron chi connectivity index (χ0n) is 12.0. The molecule has 0 radical (unpaired) electrons. The van der Waals surface area contributed by atoms with Crippen molar-refractivity contribution in [2.24, 2.45) is 5.92 Å². The molecular formula is C15H24N4O. The molecule has 2 N–H and O–H groups in total. The lowest BCUT2D eigenvalue weighted by Gasteiger charge is -2.34. The third kappa shape index (κ3) is 2.94. The molecule has 20 heavy (non-hydrogen) atoms. The molecule has 0 saturated carbocycles. The highest BCUT2D eigenvalue weighted by atomic mass is 16.3. The van der Waals surface area contributed by atoms with E-state index in [2.05, 4.69) is 20.2 Å². The van der Waals surface area contributed by atoms with Crippen LogP contribution in [0.25, 0.3) is 0 Å². The van der Waals surface area contributed by atoms with Crippen molar-refractivity contribution in [2.45, 2.75) is 31.6 Å². The summed E-state index contributed by atoms with van der Waals surface area (Å²) in [5.41, 5.74) is 1.18. The van der Waals surface area contributed by atoms with Crippen molar-refractivity contribution in [3.63, 3.8) is 0 Å². The predicted molar refractivity (Wildman–Crippen MR) is 78.9 cm³/mol. The van der Waals surface area contributed by atoms with Crippen LogP contribution in [0.4, 0.5) is 5.82 Å². The minimum absolute atomic E-state index is 0.315. The summed E-state index contributed by atoms with van der Waals surface area (Å²) in [6.45, 7) is 4.44. The molecule has 0 spiro atoms. The zero-order valence-corrected chi connectivity index (χ0v) is 12.0. The molecular weight excluding hydrogens is 252 g/mol. The van der Waals surface area contributed by atoms with Gasteiger partial charge in [-0.3, -0.25) is 4.98 Å². The molecule has 2 aliphatic rings. The maximum Gasteiger partial charge on any atom is 0.150 e. The fourth-order valence-corrected chi connectivity index (χ4v) is 3.30. The number of aromatic nitrogens is 2. The summed E-state index contributed by atoms with van der Waals surface area (Å²) in [5.74, 6) is 2.08. The standard InChI is InChI=1S/C15H24N4O/c20-11-12-3-9-19(10-4-12)15-14(17-7-8-18-15)13-1-5-16-6-2-13/h7-8,12-13,16,20H,1-6,9-11H2. The molecule has 0 unspecified atom stereocenters. The third-order valence-corrected chi connectivity index (χ3v) is 4.60. The number of hydrogen-bond donors (Lipinski definition) is 2. The summed E-state index contributed by atoms with van der Waals surface area (Å²) in [7, 11) is 0. The first kappa shape index (κ1) is 13.8. The summed E-state index contributed by atoms with van der Waals surface area (Å²) >= 11 is 0. The van der Waals surface area contributed by atoms with Crippen LogP contribution in [0.2, 0.25) is 0 Å². The minimum atomic E-state index is 0.315. The van der Waals surface area contributed by atoms with Gasteiger partial charge in [0, 0.05) is 38.0 Å². The zero-order chi connectivity index (χ0) is 13.8. The molecule has 1 aromatic rings. The number of anilines is 1. The lowest BCUT2D eigenvalue weighted by atomic mass is 9.93. The molecule has 0 bridgehead atoms. The van der Waals surface area contributed by atoms with Crippen molar-refractivity contribution in [2.75, 3.05) is 37.7 Å². The quantitative estimate of drug-likeness (QED) is 0.867. The molecule has 5 heteroatoms. The summed E-state index contributed by atoms with van der Waals surface area (Å²) in [6, 6.07) is 0. The van der Waals surface area contributed by atoms with Crippen molar-refractivity contribution in [3.8, 4) is 0 Å². The molecule has 2 fully saturated rings. The fraction of sp³-hybridized carbons (Fsp3) is 0.733. The van der Waals surface area contributed by atoms with E-state index in [4.69, 9.17) is 0 Å². The molecule has 2 aliphatic heterocycles. The number of rotatable bonds is 3. The van der Waals surface area contributed by atoms with Gasteiger partial charge in [-0.05, 0) is 44.7 Å². The number of piperidine rings is 2. The van der Waals surface area contributed by atoms with E-state index in [0.717, 1.165) is 57.7 Å². The Morgan fingerprint density at radius 1 is 1.10 bits per heavy atom. The van der Waals surface area contributed by atoms with E-state index < -0.39 is 0 Å². The molecule has 3 rings (SSSR count). The Hall–Kier alpha value is -1.20. The molecule has 3 heterocycles. The number of nitrogens with zero attached hydrogens (tertiary/aromatic N) is 3. The Morgan fingerprint density at radius 3 is 2.50 bits per heavy atom. The molecule has 0 aliphatic carbocycles. The Kier molecular flexibility index (Phi) is 4.47. The second-order valence-electron chi connectivity index (χ2n) is 5.90.